The van der Waals surface area contributed by atoms with Crippen LogP contribution in [0.4, 0.5) is 4.79 Å². The lowest BCUT2D eigenvalue weighted by Crippen LogP contribution is -2.48. The summed E-state index contributed by atoms with van der Waals surface area (Å²) in [7, 11) is 2.70. The molecule has 9 nitrogen and oxygen atoms in total. The van der Waals surface area contributed by atoms with Gasteiger partial charge in [-0.15, -0.1) is 0 Å². The summed E-state index contributed by atoms with van der Waals surface area (Å²) in [5.74, 6) is -1.92. The number of alkyl carbamates (subject to hydrolysis) is 1. The minimum Gasteiger partial charge on any atom is -0.467 e. The van der Waals surface area contributed by atoms with Gasteiger partial charge in [0, 0.05) is 13.0 Å². The van der Waals surface area contributed by atoms with Gasteiger partial charge in [-0.2, -0.15) is 0 Å². The molecule has 0 aliphatic rings. The molecule has 2 atom stereocenters. The summed E-state index contributed by atoms with van der Waals surface area (Å²) in [6, 6.07) is -0.986. The number of nitrogens with one attached hydrogen (secondary N) is 3. The Morgan fingerprint density at radius 3 is 2.16 bits per heavy atom. The van der Waals surface area contributed by atoms with E-state index in [0.717, 1.165) is 0 Å². The molecule has 0 saturated heterocycles. The van der Waals surface area contributed by atoms with Crippen LogP contribution in [0.25, 0.3) is 0 Å². The third kappa shape index (κ3) is 9.53. The molecule has 0 radical (unpaired) electrons. The summed E-state index contributed by atoms with van der Waals surface area (Å²) in [4.78, 5) is 47.1. The Morgan fingerprint density at radius 1 is 1.12 bits per heavy atom. The number of carbonyl (C=O) groups excluding carboxylic acids is 4. The van der Waals surface area contributed by atoms with Gasteiger partial charge in [0.25, 0.3) is 0 Å². The Kier molecular flexibility index (Phi) is 9.55. The first-order valence-corrected chi connectivity index (χ1v) is 8.09. The fraction of sp³-hybridized carbons (Fsp3) is 0.750. The van der Waals surface area contributed by atoms with E-state index in [1.54, 1.807) is 27.7 Å². The van der Waals surface area contributed by atoms with Crippen LogP contribution in [0.15, 0.2) is 0 Å². The molecule has 0 saturated carbocycles. The highest BCUT2D eigenvalue weighted by molar-refractivity contribution is 5.88. The molecule has 25 heavy (non-hydrogen) atoms. The van der Waals surface area contributed by atoms with Gasteiger partial charge in [0.05, 0.1) is 7.11 Å². The highest BCUT2D eigenvalue weighted by atomic mass is 16.6. The maximum Gasteiger partial charge on any atom is 0.408 e. The van der Waals surface area contributed by atoms with Crippen molar-refractivity contribution in [3.63, 3.8) is 0 Å². The Hall–Kier alpha value is -2.32. The van der Waals surface area contributed by atoms with Crippen LogP contribution in [0.1, 0.15) is 40.5 Å². The zero-order valence-corrected chi connectivity index (χ0v) is 15.7. The van der Waals surface area contributed by atoms with Crippen LogP contribution in [0.5, 0.6) is 0 Å². The molecular formula is C16H29N3O6. The highest BCUT2D eigenvalue weighted by Crippen LogP contribution is 2.12. The van der Waals surface area contributed by atoms with E-state index in [1.165, 1.54) is 14.2 Å². The quantitative estimate of drug-likeness (QED) is 0.537. The Labute approximate surface area is 148 Å². The SMILES string of the molecule is CCC(CC(NC(=O)CNC(=O)OC(C)(C)C)C(=O)OC)C(=O)NC. The van der Waals surface area contributed by atoms with Gasteiger partial charge in [0.1, 0.15) is 18.2 Å². The van der Waals surface area contributed by atoms with E-state index in [1.807, 2.05) is 0 Å². The number of rotatable bonds is 8. The molecule has 2 unspecified atom stereocenters. The molecule has 3 N–H and O–H groups in total. The van der Waals surface area contributed by atoms with E-state index in [4.69, 9.17) is 4.74 Å². The fourth-order valence-corrected chi connectivity index (χ4v) is 2.02. The van der Waals surface area contributed by atoms with Crippen molar-refractivity contribution >= 4 is 23.9 Å². The largest absolute Gasteiger partial charge is 0.467 e. The van der Waals surface area contributed by atoms with Crippen molar-refractivity contribution in [2.24, 2.45) is 5.92 Å². The van der Waals surface area contributed by atoms with Crippen molar-refractivity contribution in [3.05, 3.63) is 0 Å². The Morgan fingerprint density at radius 2 is 1.72 bits per heavy atom. The summed E-state index contributed by atoms with van der Waals surface area (Å²) in [5, 5.41) is 7.28. The van der Waals surface area contributed by atoms with Crippen LogP contribution in [0.2, 0.25) is 0 Å². The standard InChI is InChI=1S/C16H29N3O6/c1-7-10(13(21)17-5)8-11(14(22)24-6)19-12(20)9-18-15(23)25-16(2,3)4/h10-11H,7-9H2,1-6H3,(H,17,21)(H,18,23)(H,19,20). The third-order valence-electron chi connectivity index (χ3n) is 3.24. The summed E-state index contributed by atoms with van der Waals surface area (Å²) >= 11 is 0. The maximum atomic E-state index is 12.0. The number of ether oxygens (including phenoxy) is 2. The molecule has 0 aliphatic carbocycles. The van der Waals surface area contributed by atoms with E-state index in [-0.39, 0.29) is 18.9 Å². The fourth-order valence-electron chi connectivity index (χ4n) is 2.02. The van der Waals surface area contributed by atoms with Crippen LogP contribution in [0.3, 0.4) is 0 Å². The molecule has 3 amide bonds. The molecule has 144 valence electrons. The first kappa shape index (κ1) is 22.7. The second kappa shape index (κ2) is 10.5. The average Bonchev–Trinajstić information content (AvgIpc) is 2.53. The molecule has 0 aliphatic heterocycles. The summed E-state index contributed by atoms with van der Waals surface area (Å²) in [6.45, 7) is 6.54. The van der Waals surface area contributed by atoms with Crippen LogP contribution < -0.4 is 16.0 Å². The molecule has 9 heteroatoms. The molecule has 0 fully saturated rings. The number of carbonyl (C=O) groups is 4. The number of esters is 1. The Balaban J connectivity index is 4.71. The zero-order chi connectivity index (χ0) is 19.6. The summed E-state index contributed by atoms with van der Waals surface area (Å²) < 4.78 is 9.68. The number of hydrogen-bond donors (Lipinski definition) is 3. The zero-order valence-electron chi connectivity index (χ0n) is 15.7. The molecule has 0 aromatic heterocycles. The molecule has 0 rings (SSSR count). The maximum absolute atomic E-state index is 12.0. The molecule has 0 heterocycles. The lowest BCUT2D eigenvalue weighted by Gasteiger charge is -2.22. The van der Waals surface area contributed by atoms with E-state index in [9.17, 15) is 19.2 Å². The summed E-state index contributed by atoms with van der Waals surface area (Å²) in [5.41, 5.74) is -0.684. The van der Waals surface area contributed by atoms with Crippen molar-refractivity contribution < 1.29 is 28.7 Å². The minimum absolute atomic E-state index is 0.0982. The third-order valence-corrected chi connectivity index (χ3v) is 3.24. The second-order valence-electron chi connectivity index (χ2n) is 6.45. The van der Waals surface area contributed by atoms with Crippen LogP contribution >= 0.6 is 0 Å². The molecule has 0 spiro atoms. The van der Waals surface area contributed by atoms with Crippen LogP contribution in [-0.4, -0.2) is 56.2 Å². The van der Waals surface area contributed by atoms with Gasteiger partial charge in [0.2, 0.25) is 11.8 Å². The number of amides is 3. The van der Waals surface area contributed by atoms with E-state index < -0.39 is 35.5 Å². The van der Waals surface area contributed by atoms with Gasteiger partial charge in [-0.1, -0.05) is 6.92 Å². The van der Waals surface area contributed by atoms with Crippen molar-refractivity contribution in [2.75, 3.05) is 20.7 Å². The predicted octanol–water partition coefficient (Wildman–Crippen LogP) is 0.331. The normalized spacial score (nSPS) is 13.2. The highest BCUT2D eigenvalue weighted by Gasteiger charge is 2.28. The van der Waals surface area contributed by atoms with Crippen molar-refractivity contribution in [2.45, 2.75) is 52.2 Å². The van der Waals surface area contributed by atoms with Gasteiger partial charge in [-0.05, 0) is 33.6 Å². The van der Waals surface area contributed by atoms with Crippen LogP contribution in [-0.2, 0) is 23.9 Å². The lowest BCUT2D eigenvalue weighted by molar-refractivity contribution is -0.145. The molecule has 0 aromatic rings. The van der Waals surface area contributed by atoms with E-state index >= 15 is 0 Å². The minimum atomic E-state index is -0.986. The molecule has 0 bridgehead atoms. The second-order valence-corrected chi connectivity index (χ2v) is 6.45. The van der Waals surface area contributed by atoms with Crippen molar-refractivity contribution in [1.29, 1.82) is 0 Å². The van der Waals surface area contributed by atoms with E-state index in [0.29, 0.717) is 6.42 Å². The molecule has 0 aromatic carbocycles. The van der Waals surface area contributed by atoms with Crippen molar-refractivity contribution in [1.82, 2.24) is 16.0 Å². The summed E-state index contributed by atoms with van der Waals surface area (Å²) in [6.07, 6.45) is -0.144. The van der Waals surface area contributed by atoms with Gasteiger partial charge < -0.3 is 25.4 Å². The number of methoxy groups -OCH3 is 1. The lowest BCUT2D eigenvalue weighted by atomic mass is 9.96. The Bertz CT molecular complexity index is 487. The average molecular weight is 359 g/mol. The monoisotopic (exact) mass is 359 g/mol. The van der Waals surface area contributed by atoms with E-state index in [2.05, 4.69) is 20.7 Å². The van der Waals surface area contributed by atoms with Gasteiger partial charge in [-0.3, -0.25) is 9.59 Å². The van der Waals surface area contributed by atoms with Gasteiger partial charge >= 0.3 is 12.1 Å². The molecular weight excluding hydrogens is 330 g/mol. The number of hydrogen-bond acceptors (Lipinski definition) is 6. The first-order chi connectivity index (χ1) is 11.5. The van der Waals surface area contributed by atoms with Gasteiger partial charge in [0.15, 0.2) is 0 Å². The first-order valence-electron chi connectivity index (χ1n) is 8.09. The van der Waals surface area contributed by atoms with Gasteiger partial charge in [-0.25, -0.2) is 9.59 Å². The predicted molar refractivity (Wildman–Crippen MR) is 90.6 cm³/mol. The smallest absolute Gasteiger partial charge is 0.408 e. The van der Waals surface area contributed by atoms with Crippen LogP contribution in [0, 0.1) is 5.92 Å². The van der Waals surface area contributed by atoms with Crippen molar-refractivity contribution in [3.8, 4) is 0 Å². The topological polar surface area (TPSA) is 123 Å².